The predicted octanol–water partition coefficient (Wildman–Crippen LogP) is 3.45. The number of hydrogen-bond donors (Lipinski definition) is 1. The first-order chi connectivity index (χ1) is 9.60. The first-order valence-corrected chi connectivity index (χ1v) is 8.55. The van der Waals surface area contributed by atoms with Gasteiger partial charge in [0.2, 0.25) is 0 Å². The van der Waals surface area contributed by atoms with Gasteiger partial charge in [-0.3, -0.25) is 10.2 Å². The van der Waals surface area contributed by atoms with Crippen molar-refractivity contribution in [1.82, 2.24) is 10.2 Å². The molecule has 114 valence electrons. The molecule has 2 rings (SSSR count). The van der Waals surface area contributed by atoms with Crippen LogP contribution in [0.25, 0.3) is 0 Å². The Balaban J connectivity index is 2.00. The minimum absolute atomic E-state index is 0.277. The average molecular weight is 277 g/mol. The molecule has 0 aromatic rings. The first kappa shape index (κ1) is 15.8. The van der Waals surface area contributed by atoms with Crippen molar-refractivity contribution in [3.63, 3.8) is 0 Å². The van der Waals surface area contributed by atoms with Gasteiger partial charge in [-0.05, 0) is 52.5 Å². The van der Waals surface area contributed by atoms with E-state index in [1.54, 1.807) is 0 Å². The molecule has 20 heavy (non-hydrogen) atoms. The lowest BCUT2D eigenvalue weighted by Gasteiger charge is -2.38. The van der Waals surface area contributed by atoms with E-state index in [2.05, 4.69) is 37.1 Å². The minimum atomic E-state index is -0.277. The highest BCUT2D eigenvalue weighted by atomic mass is 15.2. The van der Waals surface area contributed by atoms with Gasteiger partial charge >= 0.3 is 0 Å². The molecule has 2 atom stereocenters. The van der Waals surface area contributed by atoms with Crippen LogP contribution in [0.1, 0.15) is 72.1 Å². The van der Waals surface area contributed by atoms with Crippen molar-refractivity contribution >= 4 is 0 Å². The molecule has 0 aliphatic heterocycles. The summed E-state index contributed by atoms with van der Waals surface area (Å²) in [6, 6.07) is 4.35. The lowest BCUT2D eigenvalue weighted by atomic mass is 9.92. The molecule has 2 saturated carbocycles. The van der Waals surface area contributed by atoms with Crippen LogP contribution in [-0.4, -0.2) is 35.1 Å². The molecule has 2 aliphatic rings. The van der Waals surface area contributed by atoms with Crippen molar-refractivity contribution < 1.29 is 0 Å². The molecule has 0 spiro atoms. The van der Waals surface area contributed by atoms with Gasteiger partial charge in [0, 0.05) is 18.1 Å². The van der Waals surface area contributed by atoms with Gasteiger partial charge in [-0.15, -0.1) is 0 Å². The fourth-order valence-electron chi connectivity index (χ4n) is 4.35. The monoisotopic (exact) mass is 277 g/mol. The molecule has 0 saturated heterocycles. The number of hydrogen-bond acceptors (Lipinski definition) is 3. The van der Waals surface area contributed by atoms with Gasteiger partial charge in [-0.1, -0.05) is 26.2 Å². The Kier molecular flexibility index (Phi) is 5.46. The molecule has 2 aliphatic carbocycles. The Hall–Kier alpha value is -0.590. The fourth-order valence-corrected chi connectivity index (χ4v) is 4.35. The van der Waals surface area contributed by atoms with E-state index in [1.165, 1.54) is 38.5 Å². The first-order valence-electron chi connectivity index (χ1n) is 8.55. The minimum Gasteiger partial charge on any atom is -0.298 e. The highest BCUT2D eigenvalue weighted by molar-refractivity contribution is 5.14. The average Bonchev–Trinajstić information content (AvgIpc) is 2.85. The van der Waals surface area contributed by atoms with Gasteiger partial charge in [-0.25, -0.2) is 0 Å². The van der Waals surface area contributed by atoms with Crippen LogP contribution in [0.2, 0.25) is 0 Å². The topological polar surface area (TPSA) is 39.1 Å². The van der Waals surface area contributed by atoms with E-state index in [9.17, 15) is 5.26 Å². The SMILES string of the molecule is CCN(C1CCCCC1)C1CCC(C#N)(NC(C)C)C1. The molecule has 0 heterocycles. The van der Waals surface area contributed by atoms with Crippen LogP contribution in [0.4, 0.5) is 0 Å². The lowest BCUT2D eigenvalue weighted by molar-refractivity contribution is 0.109. The van der Waals surface area contributed by atoms with Crippen LogP contribution >= 0.6 is 0 Å². The molecule has 2 unspecified atom stereocenters. The smallest absolute Gasteiger partial charge is 0.108 e. The second-order valence-corrected chi connectivity index (χ2v) is 7.01. The second kappa shape index (κ2) is 6.91. The normalized spacial score (nSPS) is 31.9. The molecular weight excluding hydrogens is 246 g/mol. The van der Waals surface area contributed by atoms with Gasteiger partial charge in [0.1, 0.15) is 5.54 Å². The molecule has 3 nitrogen and oxygen atoms in total. The van der Waals surface area contributed by atoms with Crippen molar-refractivity contribution in [3.8, 4) is 6.07 Å². The number of nitrogens with zero attached hydrogens (tertiary/aromatic N) is 2. The second-order valence-electron chi connectivity index (χ2n) is 7.01. The Morgan fingerprint density at radius 2 is 1.90 bits per heavy atom. The van der Waals surface area contributed by atoms with Crippen LogP contribution in [0.15, 0.2) is 0 Å². The molecule has 3 heteroatoms. The molecule has 0 aromatic heterocycles. The summed E-state index contributed by atoms with van der Waals surface area (Å²) in [7, 11) is 0. The molecule has 2 fully saturated rings. The third-order valence-electron chi connectivity index (χ3n) is 5.15. The molecule has 0 aromatic carbocycles. The van der Waals surface area contributed by atoms with E-state index in [1.807, 2.05) is 0 Å². The van der Waals surface area contributed by atoms with Crippen LogP contribution in [0.5, 0.6) is 0 Å². The van der Waals surface area contributed by atoms with Gasteiger partial charge in [-0.2, -0.15) is 5.26 Å². The van der Waals surface area contributed by atoms with Crippen molar-refractivity contribution in [2.24, 2.45) is 0 Å². The Labute approximate surface area is 124 Å². The Morgan fingerprint density at radius 3 is 2.45 bits per heavy atom. The van der Waals surface area contributed by atoms with E-state index < -0.39 is 0 Å². The summed E-state index contributed by atoms with van der Waals surface area (Å²) in [5.41, 5.74) is -0.277. The maximum atomic E-state index is 9.62. The summed E-state index contributed by atoms with van der Waals surface area (Å²) >= 11 is 0. The maximum absolute atomic E-state index is 9.62. The standard InChI is InChI=1S/C17H31N3/c1-4-20(15-8-6-5-7-9-15)16-10-11-17(12-16,13-18)19-14(2)3/h14-16,19H,4-12H2,1-3H3. The predicted molar refractivity (Wildman–Crippen MR) is 83.5 cm³/mol. The van der Waals surface area contributed by atoms with Gasteiger partial charge in [0.15, 0.2) is 0 Å². The van der Waals surface area contributed by atoms with E-state index >= 15 is 0 Å². The summed E-state index contributed by atoms with van der Waals surface area (Å²) in [5.74, 6) is 0. The van der Waals surface area contributed by atoms with E-state index in [4.69, 9.17) is 0 Å². The molecule has 0 radical (unpaired) electrons. The lowest BCUT2D eigenvalue weighted by Crippen LogP contribution is -2.48. The summed E-state index contributed by atoms with van der Waals surface area (Å²) in [5, 5.41) is 13.1. The van der Waals surface area contributed by atoms with Crippen LogP contribution in [0, 0.1) is 11.3 Å². The summed E-state index contributed by atoms with van der Waals surface area (Å²) in [6.07, 6.45) is 10.1. The van der Waals surface area contributed by atoms with Crippen molar-refractivity contribution in [2.75, 3.05) is 6.54 Å². The molecule has 1 N–H and O–H groups in total. The Morgan fingerprint density at radius 1 is 1.20 bits per heavy atom. The molecular formula is C17H31N3. The zero-order valence-corrected chi connectivity index (χ0v) is 13.5. The fraction of sp³-hybridized carbons (Fsp3) is 0.941. The third kappa shape index (κ3) is 3.54. The number of nitriles is 1. The molecule has 0 bridgehead atoms. The van der Waals surface area contributed by atoms with Crippen LogP contribution in [0.3, 0.4) is 0 Å². The van der Waals surface area contributed by atoms with Gasteiger partial charge < -0.3 is 0 Å². The highest BCUT2D eigenvalue weighted by Crippen LogP contribution is 2.36. The maximum Gasteiger partial charge on any atom is 0.108 e. The summed E-state index contributed by atoms with van der Waals surface area (Å²) < 4.78 is 0. The third-order valence-corrected chi connectivity index (χ3v) is 5.15. The van der Waals surface area contributed by atoms with E-state index in [-0.39, 0.29) is 5.54 Å². The number of rotatable bonds is 5. The quantitative estimate of drug-likeness (QED) is 0.836. The van der Waals surface area contributed by atoms with Gasteiger partial charge in [0.05, 0.1) is 6.07 Å². The van der Waals surface area contributed by atoms with E-state index in [0.717, 1.165) is 25.4 Å². The van der Waals surface area contributed by atoms with Crippen LogP contribution < -0.4 is 5.32 Å². The van der Waals surface area contributed by atoms with Gasteiger partial charge in [0.25, 0.3) is 0 Å². The zero-order chi connectivity index (χ0) is 14.6. The number of nitrogens with one attached hydrogen (secondary N) is 1. The van der Waals surface area contributed by atoms with Crippen molar-refractivity contribution in [1.29, 1.82) is 5.26 Å². The van der Waals surface area contributed by atoms with Crippen molar-refractivity contribution in [2.45, 2.75) is 95.8 Å². The van der Waals surface area contributed by atoms with E-state index in [0.29, 0.717) is 12.1 Å². The zero-order valence-electron chi connectivity index (χ0n) is 13.5. The van der Waals surface area contributed by atoms with Crippen LogP contribution in [-0.2, 0) is 0 Å². The van der Waals surface area contributed by atoms with Crippen molar-refractivity contribution in [3.05, 3.63) is 0 Å². The Bertz CT molecular complexity index is 341. The molecule has 0 amide bonds. The summed E-state index contributed by atoms with van der Waals surface area (Å²) in [6.45, 7) is 7.71. The largest absolute Gasteiger partial charge is 0.298 e. The highest BCUT2D eigenvalue weighted by Gasteiger charge is 2.42. The summed E-state index contributed by atoms with van der Waals surface area (Å²) in [4.78, 5) is 2.71.